The Kier molecular flexibility index (Phi) is 3.85. The Morgan fingerprint density at radius 1 is 1.26 bits per heavy atom. The molecule has 6 nitrogen and oxygen atoms in total. The van der Waals surface area contributed by atoms with Crippen LogP contribution in [0.4, 0.5) is 5.69 Å². The summed E-state index contributed by atoms with van der Waals surface area (Å²) in [5.74, 6) is 5.57. The second-order valence-corrected chi connectivity index (χ2v) is 5.26. The number of hydrogen-bond donors (Lipinski definition) is 3. The first-order valence-corrected chi connectivity index (χ1v) is 6.91. The second-order valence-electron chi connectivity index (χ2n) is 3.61. The van der Waals surface area contributed by atoms with Crippen molar-refractivity contribution in [2.75, 3.05) is 11.3 Å². The average Bonchev–Trinajstić information content (AvgIpc) is 2.92. The van der Waals surface area contributed by atoms with E-state index in [4.69, 9.17) is 5.73 Å². The number of anilines is 1. The maximum Gasteiger partial charge on any atom is 0.278 e. The molecule has 0 aliphatic carbocycles. The molecule has 98 valence electrons. The van der Waals surface area contributed by atoms with Gasteiger partial charge in [-0.25, -0.2) is 0 Å². The van der Waals surface area contributed by atoms with Crippen molar-refractivity contribution in [3.8, 4) is 11.8 Å². The summed E-state index contributed by atoms with van der Waals surface area (Å²) in [4.78, 5) is 0. The molecule has 0 radical (unpaired) electrons. The molecule has 0 fully saturated rings. The number of hydrogen-bond acceptors (Lipinski definition) is 4. The summed E-state index contributed by atoms with van der Waals surface area (Å²) >= 11 is 0. The largest absolute Gasteiger partial charge is 0.320 e. The summed E-state index contributed by atoms with van der Waals surface area (Å²) in [7, 11) is -3.62. The minimum atomic E-state index is -3.62. The van der Waals surface area contributed by atoms with Crippen LogP contribution in [0.15, 0.2) is 41.6 Å². The van der Waals surface area contributed by atoms with E-state index < -0.39 is 10.0 Å². The molecule has 0 unspecified atom stereocenters. The zero-order valence-electron chi connectivity index (χ0n) is 9.92. The molecule has 4 N–H and O–H groups in total. The first-order valence-electron chi connectivity index (χ1n) is 5.43. The van der Waals surface area contributed by atoms with Crippen molar-refractivity contribution in [3.63, 3.8) is 0 Å². The number of nitrogens with two attached hydrogens (primary N) is 1. The molecule has 1 heterocycles. The Balaban J connectivity index is 2.16. The molecule has 0 saturated carbocycles. The van der Waals surface area contributed by atoms with Gasteiger partial charge in [0, 0.05) is 11.3 Å². The van der Waals surface area contributed by atoms with Crippen molar-refractivity contribution < 1.29 is 8.42 Å². The van der Waals surface area contributed by atoms with Crippen LogP contribution >= 0.6 is 0 Å². The third kappa shape index (κ3) is 3.34. The van der Waals surface area contributed by atoms with Crippen LogP contribution in [0, 0.1) is 11.8 Å². The van der Waals surface area contributed by atoms with E-state index in [1.807, 2.05) is 0 Å². The van der Waals surface area contributed by atoms with E-state index in [1.54, 1.807) is 24.3 Å². The lowest BCUT2D eigenvalue weighted by Gasteiger charge is -2.05. The monoisotopic (exact) mass is 276 g/mol. The van der Waals surface area contributed by atoms with Crippen LogP contribution < -0.4 is 10.5 Å². The van der Waals surface area contributed by atoms with Crippen molar-refractivity contribution in [3.05, 3.63) is 42.1 Å². The van der Waals surface area contributed by atoms with E-state index in [1.165, 1.54) is 12.3 Å². The molecule has 19 heavy (non-hydrogen) atoms. The number of benzene rings is 1. The Morgan fingerprint density at radius 2 is 2.00 bits per heavy atom. The Morgan fingerprint density at radius 3 is 2.58 bits per heavy atom. The molecular weight excluding hydrogens is 264 g/mol. The summed E-state index contributed by atoms with van der Waals surface area (Å²) in [5, 5.41) is 6.02. The summed E-state index contributed by atoms with van der Waals surface area (Å²) in [6.07, 6.45) is 1.38. The number of aromatic nitrogens is 2. The lowest BCUT2D eigenvalue weighted by atomic mass is 10.2. The fraction of sp³-hybridized carbons (Fsp3) is 0.0833. The lowest BCUT2D eigenvalue weighted by molar-refractivity contribution is 0.597. The first-order chi connectivity index (χ1) is 9.12. The number of nitrogens with one attached hydrogen (secondary N) is 2. The highest BCUT2D eigenvalue weighted by atomic mass is 32.2. The molecule has 2 rings (SSSR count). The van der Waals surface area contributed by atoms with Crippen molar-refractivity contribution in [2.24, 2.45) is 5.73 Å². The molecule has 7 heteroatoms. The summed E-state index contributed by atoms with van der Waals surface area (Å²) in [6.45, 7) is 0.286. The van der Waals surface area contributed by atoms with Gasteiger partial charge >= 0.3 is 0 Å². The number of nitrogens with zero attached hydrogens (tertiary/aromatic N) is 1. The molecule has 1 aromatic carbocycles. The van der Waals surface area contributed by atoms with Gasteiger partial charge in [0.15, 0.2) is 5.03 Å². The highest BCUT2D eigenvalue weighted by Gasteiger charge is 2.14. The number of rotatable bonds is 3. The average molecular weight is 276 g/mol. The predicted molar refractivity (Wildman–Crippen MR) is 71.8 cm³/mol. The molecule has 0 aliphatic heterocycles. The molecule has 0 amide bonds. The summed E-state index contributed by atoms with van der Waals surface area (Å²) < 4.78 is 26.2. The SMILES string of the molecule is NCC#Cc1ccc(NS(=O)(=O)c2ccn[nH]2)cc1. The van der Waals surface area contributed by atoms with E-state index in [-0.39, 0.29) is 11.6 Å². The van der Waals surface area contributed by atoms with Gasteiger partial charge in [-0.3, -0.25) is 9.82 Å². The third-order valence-corrected chi connectivity index (χ3v) is 3.55. The van der Waals surface area contributed by atoms with Crippen LogP contribution in [0.1, 0.15) is 5.56 Å². The zero-order chi connectivity index (χ0) is 13.7. The molecular formula is C12H12N4O2S. The van der Waals surface area contributed by atoms with E-state index in [0.29, 0.717) is 5.69 Å². The van der Waals surface area contributed by atoms with Gasteiger partial charge in [-0.15, -0.1) is 0 Å². The van der Waals surface area contributed by atoms with Crippen LogP contribution in [0.25, 0.3) is 0 Å². The summed E-state index contributed by atoms with van der Waals surface area (Å²) in [5.41, 5.74) is 6.49. The molecule has 2 aromatic rings. The van der Waals surface area contributed by atoms with Gasteiger partial charge in [-0.05, 0) is 30.3 Å². The highest BCUT2D eigenvalue weighted by molar-refractivity contribution is 7.92. The molecule has 0 saturated heterocycles. The van der Waals surface area contributed by atoms with E-state index in [9.17, 15) is 8.42 Å². The number of H-pyrrole nitrogens is 1. The fourth-order valence-corrected chi connectivity index (χ4v) is 2.35. The van der Waals surface area contributed by atoms with Crippen LogP contribution in [0.3, 0.4) is 0 Å². The molecule has 0 spiro atoms. The van der Waals surface area contributed by atoms with Crippen molar-refractivity contribution in [2.45, 2.75) is 5.03 Å². The standard InChI is InChI=1S/C12H12N4O2S/c13-8-1-2-10-3-5-11(6-4-10)16-19(17,18)12-7-9-14-15-12/h3-7,9,16H,8,13H2,(H,14,15). The molecule has 1 aromatic heterocycles. The highest BCUT2D eigenvalue weighted by Crippen LogP contribution is 2.14. The zero-order valence-corrected chi connectivity index (χ0v) is 10.7. The smallest absolute Gasteiger partial charge is 0.278 e. The maximum atomic E-state index is 11.9. The Bertz CT molecular complexity index is 694. The van der Waals surface area contributed by atoms with Gasteiger partial charge < -0.3 is 5.73 Å². The van der Waals surface area contributed by atoms with E-state index >= 15 is 0 Å². The van der Waals surface area contributed by atoms with Gasteiger partial charge in [0.05, 0.1) is 12.7 Å². The van der Waals surface area contributed by atoms with Gasteiger partial charge in [0.2, 0.25) is 0 Å². The van der Waals surface area contributed by atoms with Crippen molar-refractivity contribution >= 4 is 15.7 Å². The normalized spacial score (nSPS) is 10.6. The topological polar surface area (TPSA) is 101 Å². The van der Waals surface area contributed by atoms with Crippen molar-refractivity contribution in [1.82, 2.24) is 10.2 Å². The minimum Gasteiger partial charge on any atom is -0.320 e. The first kappa shape index (κ1) is 13.1. The predicted octanol–water partition coefficient (Wildman–Crippen LogP) is 0.521. The quantitative estimate of drug-likeness (QED) is 0.711. The molecule has 0 aliphatic rings. The lowest BCUT2D eigenvalue weighted by Crippen LogP contribution is -2.13. The summed E-state index contributed by atoms with van der Waals surface area (Å²) in [6, 6.07) is 8.08. The van der Waals surface area contributed by atoms with Crippen LogP contribution in [0.2, 0.25) is 0 Å². The minimum absolute atomic E-state index is 0.0134. The number of sulfonamides is 1. The van der Waals surface area contributed by atoms with Gasteiger partial charge in [-0.1, -0.05) is 11.8 Å². The van der Waals surface area contributed by atoms with Gasteiger partial charge in [0.1, 0.15) is 0 Å². The van der Waals surface area contributed by atoms with Crippen LogP contribution in [0.5, 0.6) is 0 Å². The second kappa shape index (κ2) is 5.56. The molecule has 0 bridgehead atoms. The van der Waals surface area contributed by atoms with Crippen LogP contribution in [-0.2, 0) is 10.0 Å². The van der Waals surface area contributed by atoms with Gasteiger partial charge in [-0.2, -0.15) is 13.5 Å². The van der Waals surface area contributed by atoms with Crippen molar-refractivity contribution in [1.29, 1.82) is 0 Å². The Hall–Kier alpha value is -2.30. The molecule has 0 atom stereocenters. The van der Waals surface area contributed by atoms with E-state index in [0.717, 1.165) is 5.56 Å². The van der Waals surface area contributed by atoms with Gasteiger partial charge in [0.25, 0.3) is 10.0 Å². The van der Waals surface area contributed by atoms with Crippen LogP contribution in [-0.4, -0.2) is 25.2 Å². The Labute approximate surface area is 111 Å². The third-order valence-electron chi connectivity index (χ3n) is 2.24. The fourth-order valence-electron chi connectivity index (χ4n) is 1.38. The number of aromatic amines is 1. The van der Waals surface area contributed by atoms with E-state index in [2.05, 4.69) is 26.8 Å². The maximum absolute atomic E-state index is 11.9.